The van der Waals surface area contributed by atoms with Crippen molar-refractivity contribution in [2.75, 3.05) is 13.1 Å². The number of halogens is 1. The van der Waals surface area contributed by atoms with Gasteiger partial charge in [0.05, 0.1) is 0 Å². The van der Waals surface area contributed by atoms with Crippen LogP contribution in [0.25, 0.3) is 6.08 Å². The third kappa shape index (κ3) is 1.96. The van der Waals surface area contributed by atoms with Gasteiger partial charge in [-0.2, -0.15) is 0 Å². The zero-order valence-electron chi connectivity index (χ0n) is 9.92. The average Bonchev–Trinajstić information content (AvgIpc) is 2.33. The van der Waals surface area contributed by atoms with E-state index in [9.17, 15) is 0 Å². The van der Waals surface area contributed by atoms with Gasteiger partial charge in [-0.1, -0.05) is 17.7 Å². The maximum atomic E-state index is 6.21. The van der Waals surface area contributed by atoms with E-state index in [0.29, 0.717) is 0 Å². The third-order valence-electron chi connectivity index (χ3n) is 3.62. The number of aryl methyl sites for hydroxylation is 1. The van der Waals surface area contributed by atoms with Gasteiger partial charge in [0, 0.05) is 23.4 Å². The van der Waals surface area contributed by atoms with E-state index in [2.05, 4.69) is 17.5 Å². The summed E-state index contributed by atoms with van der Waals surface area (Å²) in [4.78, 5) is 0. The molecule has 1 N–H and O–H groups in total. The molecule has 2 heterocycles. The number of hydrogen-bond acceptors (Lipinski definition) is 2. The lowest BCUT2D eigenvalue weighted by Crippen LogP contribution is -2.45. The zero-order chi connectivity index (χ0) is 11.9. The Bertz CT molecular complexity index is 475. The van der Waals surface area contributed by atoms with Crippen molar-refractivity contribution in [1.29, 1.82) is 0 Å². The highest BCUT2D eigenvalue weighted by molar-refractivity contribution is 6.31. The zero-order valence-corrected chi connectivity index (χ0v) is 10.7. The summed E-state index contributed by atoms with van der Waals surface area (Å²) in [5, 5.41) is 4.17. The van der Waals surface area contributed by atoms with Gasteiger partial charge in [-0.05, 0) is 43.8 Å². The first-order valence-corrected chi connectivity index (χ1v) is 6.45. The molecule has 0 amide bonds. The van der Waals surface area contributed by atoms with Crippen LogP contribution in [-0.2, 0) is 0 Å². The summed E-state index contributed by atoms with van der Waals surface area (Å²) in [6.07, 6.45) is 6.41. The van der Waals surface area contributed by atoms with Crippen molar-refractivity contribution in [2.45, 2.75) is 25.4 Å². The second-order valence-electron chi connectivity index (χ2n) is 4.89. The standard InChI is InChI=1S/C14H16ClNO/c1-10-8-13-11(9-12(10)15)2-3-14(17-13)4-6-16-7-5-14/h2-3,8-9,16H,4-7H2,1H3. The molecule has 17 heavy (non-hydrogen) atoms. The summed E-state index contributed by atoms with van der Waals surface area (Å²) in [6, 6.07) is 4.03. The van der Waals surface area contributed by atoms with E-state index in [4.69, 9.17) is 16.3 Å². The fraction of sp³-hybridized carbons (Fsp3) is 0.429. The van der Waals surface area contributed by atoms with Crippen molar-refractivity contribution in [3.63, 3.8) is 0 Å². The van der Waals surface area contributed by atoms with Crippen LogP contribution in [0.3, 0.4) is 0 Å². The van der Waals surface area contributed by atoms with Crippen LogP contribution in [0.2, 0.25) is 5.02 Å². The molecule has 1 aromatic carbocycles. The van der Waals surface area contributed by atoms with Crippen LogP contribution in [0.5, 0.6) is 5.75 Å². The van der Waals surface area contributed by atoms with Gasteiger partial charge in [0.15, 0.2) is 0 Å². The minimum Gasteiger partial charge on any atom is -0.482 e. The lowest BCUT2D eigenvalue weighted by Gasteiger charge is -2.38. The molecular formula is C14H16ClNO. The molecule has 1 spiro atoms. The van der Waals surface area contributed by atoms with Crippen LogP contribution >= 0.6 is 11.6 Å². The van der Waals surface area contributed by atoms with E-state index in [0.717, 1.165) is 47.8 Å². The molecule has 0 radical (unpaired) electrons. The van der Waals surface area contributed by atoms with Gasteiger partial charge in [-0.3, -0.25) is 0 Å². The third-order valence-corrected chi connectivity index (χ3v) is 4.03. The van der Waals surface area contributed by atoms with Crippen LogP contribution in [0.15, 0.2) is 18.2 Å². The van der Waals surface area contributed by atoms with E-state index in [1.54, 1.807) is 0 Å². The number of ether oxygens (including phenoxy) is 1. The number of nitrogens with one attached hydrogen (secondary N) is 1. The highest BCUT2D eigenvalue weighted by atomic mass is 35.5. The SMILES string of the molecule is Cc1cc2c(cc1Cl)C=CC1(CCNCC1)O2. The van der Waals surface area contributed by atoms with E-state index in [1.807, 2.05) is 19.1 Å². The number of hydrogen-bond donors (Lipinski definition) is 1. The Labute approximate surface area is 107 Å². The Morgan fingerprint density at radius 2 is 2.06 bits per heavy atom. The molecule has 3 heteroatoms. The fourth-order valence-corrected chi connectivity index (χ4v) is 2.67. The lowest BCUT2D eigenvalue weighted by atomic mass is 9.89. The highest BCUT2D eigenvalue weighted by Crippen LogP contribution is 2.38. The number of benzene rings is 1. The van der Waals surface area contributed by atoms with Crippen molar-refractivity contribution < 1.29 is 4.74 Å². The summed E-state index contributed by atoms with van der Waals surface area (Å²) >= 11 is 6.12. The van der Waals surface area contributed by atoms with Crippen LogP contribution in [0.4, 0.5) is 0 Å². The summed E-state index contributed by atoms with van der Waals surface area (Å²) in [6.45, 7) is 4.05. The number of piperidine rings is 1. The Hall–Kier alpha value is -0.990. The first kappa shape index (κ1) is 11.1. The van der Waals surface area contributed by atoms with Gasteiger partial charge in [0.25, 0.3) is 0 Å². The maximum absolute atomic E-state index is 6.21. The maximum Gasteiger partial charge on any atom is 0.130 e. The molecule has 0 bridgehead atoms. The molecule has 1 fully saturated rings. The van der Waals surface area contributed by atoms with Crippen LogP contribution < -0.4 is 10.1 Å². The Morgan fingerprint density at radius 1 is 1.29 bits per heavy atom. The smallest absolute Gasteiger partial charge is 0.130 e. The summed E-state index contributed by atoms with van der Waals surface area (Å²) in [7, 11) is 0. The molecule has 0 atom stereocenters. The largest absolute Gasteiger partial charge is 0.482 e. The quantitative estimate of drug-likeness (QED) is 0.763. The topological polar surface area (TPSA) is 21.3 Å². The summed E-state index contributed by atoms with van der Waals surface area (Å²) in [5.41, 5.74) is 2.06. The predicted octanol–water partition coefficient (Wildman–Crippen LogP) is 3.18. The van der Waals surface area contributed by atoms with Crippen molar-refractivity contribution in [1.82, 2.24) is 5.32 Å². The predicted molar refractivity (Wildman–Crippen MR) is 70.7 cm³/mol. The van der Waals surface area contributed by atoms with Crippen molar-refractivity contribution in [3.8, 4) is 5.75 Å². The first-order chi connectivity index (χ1) is 8.19. The molecule has 1 saturated heterocycles. The van der Waals surface area contributed by atoms with Crippen molar-refractivity contribution >= 4 is 17.7 Å². The first-order valence-electron chi connectivity index (χ1n) is 6.08. The van der Waals surface area contributed by atoms with Gasteiger partial charge in [0.1, 0.15) is 11.4 Å². The van der Waals surface area contributed by atoms with Crippen LogP contribution in [0, 0.1) is 6.92 Å². The lowest BCUT2D eigenvalue weighted by molar-refractivity contribution is 0.0822. The molecule has 0 aromatic heterocycles. The Balaban J connectivity index is 1.97. The van der Waals surface area contributed by atoms with E-state index in [1.165, 1.54) is 0 Å². The van der Waals surface area contributed by atoms with Gasteiger partial charge in [-0.15, -0.1) is 0 Å². The summed E-state index contributed by atoms with van der Waals surface area (Å²) in [5.74, 6) is 0.969. The number of fused-ring (bicyclic) bond motifs is 1. The normalized spacial score (nSPS) is 21.1. The molecule has 90 valence electrons. The average molecular weight is 250 g/mol. The summed E-state index contributed by atoms with van der Waals surface area (Å²) < 4.78 is 6.21. The van der Waals surface area contributed by atoms with Crippen molar-refractivity contribution in [2.24, 2.45) is 0 Å². The second kappa shape index (κ2) is 4.04. The highest BCUT2D eigenvalue weighted by Gasteiger charge is 2.34. The number of rotatable bonds is 0. The molecule has 3 rings (SSSR count). The second-order valence-corrected chi connectivity index (χ2v) is 5.30. The molecule has 2 nitrogen and oxygen atoms in total. The molecule has 0 aliphatic carbocycles. The molecule has 0 unspecified atom stereocenters. The van der Waals surface area contributed by atoms with Gasteiger partial charge >= 0.3 is 0 Å². The Morgan fingerprint density at radius 3 is 2.82 bits per heavy atom. The molecule has 2 aliphatic rings. The minimum absolute atomic E-state index is 0.0987. The van der Waals surface area contributed by atoms with E-state index in [-0.39, 0.29) is 5.60 Å². The van der Waals surface area contributed by atoms with Crippen LogP contribution in [-0.4, -0.2) is 18.7 Å². The molecule has 2 aliphatic heterocycles. The fourth-order valence-electron chi connectivity index (χ4n) is 2.50. The van der Waals surface area contributed by atoms with Gasteiger partial charge in [-0.25, -0.2) is 0 Å². The monoisotopic (exact) mass is 249 g/mol. The molecule has 1 aromatic rings. The van der Waals surface area contributed by atoms with E-state index < -0.39 is 0 Å². The van der Waals surface area contributed by atoms with Crippen molar-refractivity contribution in [3.05, 3.63) is 34.4 Å². The minimum atomic E-state index is -0.0987. The van der Waals surface area contributed by atoms with E-state index >= 15 is 0 Å². The molecular weight excluding hydrogens is 234 g/mol. The Kier molecular flexibility index (Phi) is 2.64. The van der Waals surface area contributed by atoms with Gasteiger partial charge in [0.2, 0.25) is 0 Å². The van der Waals surface area contributed by atoms with Gasteiger partial charge < -0.3 is 10.1 Å². The molecule has 0 saturated carbocycles. The van der Waals surface area contributed by atoms with Crippen LogP contribution in [0.1, 0.15) is 24.0 Å².